The van der Waals surface area contributed by atoms with Crippen LogP contribution in [0.5, 0.6) is 0 Å². The molecule has 1 rings (SSSR count). The van der Waals surface area contributed by atoms with E-state index in [1.54, 1.807) is 13.8 Å². The van der Waals surface area contributed by atoms with Gasteiger partial charge in [-0.1, -0.05) is 0 Å². The Balaban J connectivity index is 2.55. The van der Waals surface area contributed by atoms with Crippen molar-refractivity contribution in [2.24, 2.45) is 0 Å². The third-order valence-corrected chi connectivity index (χ3v) is 5.43. The highest BCUT2D eigenvalue weighted by atomic mass is 32.2. The fourth-order valence-corrected chi connectivity index (χ4v) is 3.02. The summed E-state index contributed by atoms with van der Waals surface area (Å²) in [7, 11) is -2.99. The van der Waals surface area contributed by atoms with Crippen molar-refractivity contribution in [3.63, 3.8) is 0 Å². The average molecular weight is 235 g/mol. The molecule has 0 aromatic rings. The lowest BCUT2D eigenvalue weighted by Crippen LogP contribution is -2.45. The van der Waals surface area contributed by atoms with E-state index in [1.165, 1.54) is 0 Å². The predicted octanol–water partition coefficient (Wildman–Crippen LogP) is 0.314. The molecule has 2 N–H and O–H groups in total. The third kappa shape index (κ3) is 3.16. The normalized spacial score (nSPS) is 27.5. The summed E-state index contributed by atoms with van der Waals surface area (Å²) >= 11 is 0. The molecule has 5 heteroatoms. The van der Waals surface area contributed by atoms with Crippen molar-refractivity contribution in [1.29, 1.82) is 0 Å². The number of hydrogen-bond donors (Lipinski definition) is 2. The van der Waals surface area contributed by atoms with Crippen LogP contribution >= 0.6 is 0 Å². The van der Waals surface area contributed by atoms with E-state index in [0.717, 1.165) is 19.4 Å². The van der Waals surface area contributed by atoms with Crippen LogP contribution < -0.4 is 5.32 Å². The largest absolute Gasteiger partial charge is 0.394 e. The first kappa shape index (κ1) is 12.9. The first-order valence-corrected chi connectivity index (χ1v) is 7.21. The fraction of sp³-hybridized carbons (Fsp3) is 1.00. The smallest absolute Gasteiger partial charge is 0.152 e. The molecule has 1 saturated heterocycles. The molecule has 0 aromatic carbocycles. The van der Waals surface area contributed by atoms with Gasteiger partial charge in [-0.25, -0.2) is 8.42 Å². The Morgan fingerprint density at radius 2 is 2.13 bits per heavy atom. The van der Waals surface area contributed by atoms with E-state index in [1.807, 2.05) is 0 Å². The van der Waals surface area contributed by atoms with Gasteiger partial charge in [-0.3, -0.25) is 0 Å². The van der Waals surface area contributed by atoms with Gasteiger partial charge in [0, 0.05) is 5.54 Å². The lowest BCUT2D eigenvalue weighted by atomic mass is 9.96. The molecule has 4 nitrogen and oxygen atoms in total. The van der Waals surface area contributed by atoms with Gasteiger partial charge in [-0.2, -0.15) is 0 Å². The average Bonchev–Trinajstić information content (AvgIpc) is 2.64. The van der Waals surface area contributed by atoms with Crippen molar-refractivity contribution >= 4 is 9.84 Å². The molecule has 0 spiro atoms. The van der Waals surface area contributed by atoms with E-state index >= 15 is 0 Å². The molecule has 1 fully saturated rings. The van der Waals surface area contributed by atoms with E-state index in [4.69, 9.17) is 0 Å². The number of aliphatic hydroxyl groups excluding tert-OH is 1. The Hall–Kier alpha value is -0.130. The molecule has 0 aliphatic carbocycles. The van der Waals surface area contributed by atoms with Gasteiger partial charge in [0.1, 0.15) is 0 Å². The summed E-state index contributed by atoms with van der Waals surface area (Å²) in [4.78, 5) is 0. The van der Waals surface area contributed by atoms with Crippen molar-refractivity contribution < 1.29 is 13.5 Å². The van der Waals surface area contributed by atoms with Crippen LogP contribution in [0.3, 0.4) is 0 Å². The molecule has 1 aliphatic rings. The summed E-state index contributed by atoms with van der Waals surface area (Å²) in [6, 6.07) is 0. The Kier molecular flexibility index (Phi) is 4.14. The molecule has 0 bridgehead atoms. The maximum Gasteiger partial charge on any atom is 0.152 e. The Morgan fingerprint density at radius 1 is 1.47 bits per heavy atom. The molecular formula is C10H21NO3S. The van der Waals surface area contributed by atoms with Crippen LogP contribution in [0.1, 0.15) is 33.1 Å². The lowest BCUT2D eigenvalue weighted by Gasteiger charge is -2.27. The minimum absolute atomic E-state index is 0.0284. The maximum absolute atomic E-state index is 11.6. The van der Waals surface area contributed by atoms with E-state index in [-0.39, 0.29) is 23.1 Å². The van der Waals surface area contributed by atoms with Gasteiger partial charge in [0.15, 0.2) is 9.84 Å². The van der Waals surface area contributed by atoms with Crippen LogP contribution in [0.15, 0.2) is 0 Å². The molecular weight excluding hydrogens is 214 g/mol. The van der Waals surface area contributed by atoms with E-state index in [0.29, 0.717) is 6.42 Å². The van der Waals surface area contributed by atoms with Crippen LogP contribution in [0.4, 0.5) is 0 Å². The Bertz CT molecular complexity index is 292. The molecule has 1 unspecified atom stereocenters. The molecule has 1 heterocycles. The number of nitrogens with one attached hydrogen (secondary N) is 1. The van der Waals surface area contributed by atoms with Crippen molar-refractivity contribution in [2.75, 3.05) is 18.9 Å². The second kappa shape index (κ2) is 4.80. The zero-order valence-electron chi connectivity index (χ0n) is 9.49. The highest BCUT2D eigenvalue weighted by Gasteiger charge is 2.34. The molecule has 15 heavy (non-hydrogen) atoms. The third-order valence-electron chi connectivity index (χ3n) is 3.22. The maximum atomic E-state index is 11.6. The van der Waals surface area contributed by atoms with Gasteiger partial charge in [0.2, 0.25) is 0 Å². The van der Waals surface area contributed by atoms with Gasteiger partial charge >= 0.3 is 0 Å². The second-order valence-electron chi connectivity index (χ2n) is 4.63. The van der Waals surface area contributed by atoms with Gasteiger partial charge in [-0.05, 0) is 39.7 Å². The van der Waals surface area contributed by atoms with Crippen molar-refractivity contribution in [1.82, 2.24) is 5.32 Å². The van der Waals surface area contributed by atoms with Gasteiger partial charge < -0.3 is 10.4 Å². The second-order valence-corrected chi connectivity index (χ2v) is 7.31. The number of aliphatic hydroxyl groups is 1. The minimum atomic E-state index is -2.99. The van der Waals surface area contributed by atoms with Crippen LogP contribution in [0.25, 0.3) is 0 Å². The molecule has 1 aliphatic heterocycles. The molecule has 0 radical (unpaired) electrons. The zero-order valence-corrected chi connectivity index (χ0v) is 10.3. The standard InChI is InChI=1S/C10H21NO3S/c1-9(2)15(13,14)7-5-10(8-12)4-3-6-11-10/h9,11-12H,3-8H2,1-2H3. The van der Waals surface area contributed by atoms with Crippen molar-refractivity contribution in [2.45, 2.75) is 43.9 Å². The quantitative estimate of drug-likeness (QED) is 0.720. The summed E-state index contributed by atoms with van der Waals surface area (Å²) in [6.07, 6.45) is 2.41. The van der Waals surface area contributed by atoms with Crippen LogP contribution in [-0.2, 0) is 9.84 Å². The monoisotopic (exact) mass is 235 g/mol. The zero-order chi connectivity index (χ0) is 11.5. The van der Waals surface area contributed by atoms with Crippen LogP contribution in [-0.4, -0.2) is 43.2 Å². The van der Waals surface area contributed by atoms with Crippen LogP contribution in [0.2, 0.25) is 0 Å². The molecule has 0 aromatic heterocycles. The Morgan fingerprint density at radius 3 is 2.53 bits per heavy atom. The summed E-state index contributed by atoms with van der Waals surface area (Å²) < 4.78 is 23.3. The first-order valence-electron chi connectivity index (χ1n) is 5.49. The fourth-order valence-electron chi connectivity index (χ4n) is 1.87. The SMILES string of the molecule is CC(C)S(=O)(=O)CCC1(CO)CCCN1. The highest BCUT2D eigenvalue weighted by Crippen LogP contribution is 2.23. The van der Waals surface area contributed by atoms with Crippen molar-refractivity contribution in [3.05, 3.63) is 0 Å². The van der Waals surface area contributed by atoms with Gasteiger partial charge in [-0.15, -0.1) is 0 Å². The highest BCUT2D eigenvalue weighted by molar-refractivity contribution is 7.91. The molecule has 1 atom stereocenters. The van der Waals surface area contributed by atoms with Crippen molar-refractivity contribution in [3.8, 4) is 0 Å². The number of sulfone groups is 1. The summed E-state index contributed by atoms with van der Waals surface area (Å²) in [5, 5.41) is 12.2. The van der Waals surface area contributed by atoms with E-state index in [2.05, 4.69) is 5.32 Å². The minimum Gasteiger partial charge on any atom is -0.394 e. The number of hydrogen-bond acceptors (Lipinski definition) is 4. The molecule has 0 saturated carbocycles. The predicted molar refractivity (Wildman–Crippen MR) is 60.6 cm³/mol. The van der Waals surface area contributed by atoms with E-state index in [9.17, 15) is 13.5 Å². The van der Waals surface area contributed by atoms with E-state index < -0.39 is 9.84 Å². The first-order chi connectivity index (χ1) is 6.92. The number of rotatable bonds is 5. The summed E-state index contributed by atoms with van der Waals surface area (Å²) in [6.45, 7) is 4.30. The summed E-state index contributed by atoms with van der Waals surface area (Å²) in [5.74, 6) is 0.165. The van der Waals surface area contributed by atoms with Crippen LogP contribution in [0, 0.1) is 0 Å². The lowest BCUT2D eigenvalue weighted by molar-refractivity contribution is 0.174. The molecule has 0 amide bonds. The summed E-state index contributed by atoms with van der Waals surface area (Å²) in [5.41, 5.74) is -0.345. The topological polar surface area (TPSA) is 66.4 Å². The van der Waals surface area contributed by atoms with Gasteiger partial charge in [0.05, 0.1) is 17.6 Å². The Labute approximate surface area is 92.0 Å². The molecule has 90 valence electrons. The van der Waals surface area contributed by atoms with Gasteiger partial charge in [0.25, 0.3) is 0 Å².